The number of thiophene rings is 1. The van der Waals surface area contributed by atoms with Crippen LogP contribution in [0.4, 0.5) is 0 Å². The number of fused-ring (bicyclic) bond motifs is 6. The van der Waals surface area contributed by atoms with Crippen LogP contribution < -0.4 is 0 Å². The number of hydrogen-bond acceptors (Lipinski definition) is 2. The van der Waals surface area contributed by atoms with Gasteiger partial charge in [-0.25, -0.2) is 0 Å². The topological polar surface area (TPSA) is 12.9 Å². The van der Waals surface area contributed by atoms with E-state index in [1.54, 1.807) is 0 Å². The Hall–Kier alpha value is -3.23. The van der Waals surface area contributed by atoms with Crippen molar-refractivity contribution in [1.82, 2.24) is 4.98 Å². The third kappa shape index (κ3) is 2.94. The van der Waals surface area contributed by atoms with Crippen LogP contribution in [0.15, 0.2) is 79.0 Å². The van der Waals surface area contributed by atoms with E-state index < -0.39 is 5.89 Å². The second kappa shape index (κ2) is 6.90. The maximum Gasteiger partial charge on any atom is 0.0719 e. The standard InChI is InChI=1S/C29H23NS/c1-17(2)20-11-12-30-27(15-20)23-6-4-5-22-26-14-21-10-9-19-8-7-18(3)13-24(19)25(21)16-28(26)31-29(22)23/h4-17H,1-3H3/i17D. The zero-order chi connectivity index (χ0) is 22.0. The summed E-state index contributed by atoms with van der Waals surface area (Å²) in [5.74, 6) is -0.650. The van der Waals surface area contributed by atoms with E-state index >= 15 is 0 Å². The molecule has 0 N–H and O–H groups in total. The van der Waals surface area contributed by atoms with E-state index in [1.807, 2.05) is 37.4 Å². The molecule has 0 bridgehead atoms. The van der Waals surface area contributed by atoms with Gasteiger partial charge in [0.2, 0.25) is 0 Å². The normalized spacial score (nSPS) is 12.8. The molecule has 6 aromatic rings. The van der Waals surface area contributed by atoms with Gasteiger partial charge in [-0.15, -0.1) is 11.3 Å². The van der Waals surface area contributed by atoms with Crippen LogP contribution in [0.1, 0.15) is 32.2 Å². The van der Waals surface area contributed by atoms with E-state index in [2.05, 4.69) is 78.6 Å². The van der Waals surface area contributed by atoms with Crippen molar-refractivity contribution in [1.29, 1.82) is 0 Å². The molecule has 0 saturated carbocycles. The zero-order valence-corrected chi connectivity index (χ0v) is 18.7. The minimum Gasteiger partial charge on any atom is -0.256 e. The fourth-order valence-corrected chi connectivity index (χ4v) is 5.80. The molecule has 0 aliphatic heterocycles. The lowest BCUT2D eigenvalue weighted by atomic mass is 9.98. The van der Waals surface area contributed by atoms with Crippen molar-refractivity contribution in [3.8, 4) is 11.3 Å². The van der Waals surface area contributed by atoms with Crippen molar-refractivity contribution in [3.63, 3.8) is 0 Å². The average Bonchev–Trinajstić information content (AvgIpc) is 3.15. The summed E-state index contributed by atoms with van der Waals surface area (Å²) in [4.78, 5) is 4.67. The second-order valence-electron chi connectivity index (χ2n) is 8.57. The third-order valence-corrected chi connectivity index (χ3v) is 7.43. The number of benzene rings is 4. The third-order valence-electron chi connectivity index (χ3n) is 6.22. The fourth-order valence-electron chi connectivity index (χ4n) is 4.55. The molecular formula is C29H23NS. The molecule has 0 saturated heterocycles. The molecule has 2 aromatic heterocycles. The molecule has 4 aromatic carbocycles. The molecule has 1 nitrogen and oxygen atoms in total. The number of rotatable bonds is 2. The highest BCUT2D eigenvalue weighted by Crippen LogP contribution is 2.42. The fraction of sp³-hybridized carbons (Fsp3) is 0.138. The maximum absolute atomic E-state index is 8.42. The average molecular weight is 419 g/mol. The van der Waals surface area contributed by atoms with Gasteiger partial charge in [0, 0.05) is 33.3 Å². The Morgan fingerprint density at radius 3 is 2.48 bits per heavy atom. The van der Waals surface area contributed by atoms with Crippen molar-refractivity contribution >= 4 is 53.1 Å². The second-order valence-corrected chi connectivity index (χ2v) is 9.63. The van der Waals surface area contributed by atoms with Crippen molar-refractivity contribution in [2.24, 2.45) is 0 Å². The highest BCUT2D eigenvalue weighted by molar-refractivity contribution is 7.26. The summed E-state index contributed by atoms with van der Waals surface area (Å²) in [6.45, 7) is 6.00. The van der Waals surface area contributed by atoms with Crippen LogP contribution in [0.5, 0.6) is 0 Å². The lowest BCUT2D eigenvalue weighted by molar-refractivity contribution is 0.864. The quantitative estimate of drug-likeness (QED) is 0.256. The molecule has 0 aliphatic carbocycles. The van der Waals surface area contributed by atoms with Gasteiger partial charge in [0.25, 0.3) is 0 Å². The number of pyridine rings is 1. The van der Waals surface area contributed by atoms with E-state index in [9.17, 15) is 0 Å². The van der Waals surface area contributed by atoms with Crippen LogP contribution in [-0.4, -0.2) is 4.98 Å². The van der Waals surface area contributed by atoms with Crippen molar-refractivity contribution in [2.45, 2.75) is 26.7 Å². The highest BCUT2D eigenvalue weighted by atomic mass is 32.1. The molecule has 2 heterocycles. The molecule has 0 aliphatic rings. The van der Waals surface area contributed by atoms with Crippen LogP contribution in [0.3, 0.4) is 0 Å². The Morgan fingerprint density at radius 2 is 1.61 bits per heavy atom. The van der Waals surface area contributed by atoms with E-state index in [4.69, 9.17) is 1.37 Å². The Balaban J connectivity index is 1.65. The molecule has 0 radical (unpaired) electrons. The van der Waals surface area contributed by atoms with Crippen molar-refractivity contribution < 1.29 is 1.37 Å². The van der Waals surface area contributed by atoms with Crippen LogP contribution in [-0.2, 0) is 0 Å². The van der Waals surface area contributed by atoms with E-state index in [0.717, 1.165) is 16.8 Å². The Kier molecular flexibility index (Phi) is 3.88. The van der Waals surface area contributed by atoms with Crippen LogP contribution in [0.2, 0.25) is 0 Å². The summed E-state index contributed by atoms with van der Waals surface area (Å²) in [5, 5.41) is 7.74. The summed E-state index contributed by atoms with van der Waals surface area (Å²) in [5.41, 5.74) is 4.34. The largest absolute Gasteiger partial charge is 0.256 e. The summed E-state index contributed by atoms with van der Waals surface area (Å²) >= 11 is 1.84. The number of hydrogen-bond donors (Lipinski definition) is 0. The van der Waals surface area contributed by atoms with Gasteiger partial charge in [0.05, 0.1) is 5.69 Å². The molecule has 0 spiro atoms. The molecule has 0 amide bonds. The predicted molar refractivity (Wildman–Crippen MR) is 136 cm³/mol. The lowest BCUT2D eigenvalue weighted by Gasteiger charge is -2.08. The molecule has 0 fully saturated rings. The van der Waals surface area contributed by atoms with Crippen LogP contribution in [0, 0.1) is 6.92 Å². The first-order valence-corrected chi connectivity index (χ1v) is 11.5. The van der Waals surface area contributed by atoms with Gasteiger partial charge >= 0.3 is 0 Å². The number of aromatic nitrogens is 1. The predicted octanol–water partition coefficient (Wildman–Crippen LogP) is 8.85. The summed E-state index contributed by atoms with van der Waals surface area (Å²) in [6, 6.07) is 26.3. The summed E-state index contributed by atoms with van der Waals surface area (Å²) < 4.78 is 11.0. The number of nitrogens with zero attached hydrogens (tertiary/aromatic N) is 1. The molecular weight excluding hydrogens is 394 g/mol. The van der Waals surface area contributed by atoms with E-state index in [0.29, 0.717) is 0 Å². The summed E-state index contributed by atoms with van der Waals surface area (Å²) in [7, 11) is 0. The van der Waals surface area contributed by atoms with Crippen LogP contribution in [0.25, 0.3) is 53.0 Å². The van der Waals surface area contributed by atoms with Crippen molar-refractivity contribution in [2.75, 3.05) is 0 Å². The SMILES string of the molecule is [2H]C(C)(C)c1ccnc(-c2cccc3c2sc2cc4c(ccc5ccc(C)cc54)cc23)c1. The summed E-state index contributed by atoms with van der Waals surface area (Å²) in [6.07, 6.45) is 1.83. The molecule has 2 heteroatoms. The van der Waals surface area contributed by atoms with Crippen molar-refractivity contribution in [3.05, 3.63) is 90.1 Å². The highest BCUT2D eigenvalue weighted by Gasteiger charge is 2.13. The molecule has 0 atom stereocenters. The zero-order valence-electron chi connectivity index (χ0n) is 18.9. The Labute approximate surface area is 187 Å². The van der Waals surface area contributed by atoms with Gasteiger partial charge in [-0.2, -0.15) is 0 Å². The lowest BCUT2D eigenvalue weighted by Crippen LogP contribution is -1.90. The van der Waals surface area contributed by atoms with Gasteiger partial charge in [-0.1, -0.05) is 67.9 Å². The smallest absolute Gasteiger partial charge is 0.0719 e. The minimum atomic E-state index is -0.650. The van der Waals surface area contributed by atoms with E-state index in [1.165, 1.54) is 47.3 Å². The van der Waals surface area contributed by atoms with Gasteiger partial charge in [-0.05, 0) is 64.2 Å². The Morgan fingerprint density at radius 1 is 0.806 bits per heavy atom. The molecule has 31 heavy (non-hydrogen) atoms. The number of aryl methyl sites for hydroxylation is 1. The molecule has 150 valence electrons. The van der Waals surface area contributed by atoms with Gasteiger partial charge in [0.15, 0.2) is 0 Å². The van der Waals surface area contributed by atoms with Crippen LogP contribution >= 0.6 is 11.3 Å². The molecule has 6 rings (SSSR count). The minimum absolute atomic E-state index is 0.650. The van der Waals surface area contributed by atoms with Gasteiger partial charge < -0.3 is 0 Å². The first-order chi connectivity index (χ1) is 15.4. The van der Waals surface area contributed by atoms with E-state index in [-0.39, 0.29) is 0 Å². The first kappa shape index (κ1) is 17.5. The monoisotopic (exact) mass is 418 g/mol. The first-order valence-electron chi connectivity index (χ1n) is 11.1. The van der Waals surface area contributed by atoms with Gasteiger partial charge in [-0.3, -0.25) is 4.98 Å². The molecule has 0 unspecified atom stereocenters. The van der Waals surface area contributed by atoms with Gasteiger partial charge in [0.1, 0.15) is 0 Å². The Bertz CT molecular complexity index is 1670. The maximum atomic E-state index is 8.42.